The average molecular weight is 478 g/mol. The van der Waals surface area contributed by atoms with Crippen LogP contribution in [0.4, 0.5) is 0 Å². The van der Waals surface area contributed by atoms with Crippen molar-refractivity contribution in [3.05, 3.63) is 92.1 Å². The summed E-state index contributed by atoms with van der Waals surface area (Å²) in [6.45, 7) is 2.55. The molecular formula is C26H27N3O6. The Labute approximate surface area is 201 Å². The molecule has 2 aliphatic heterocycles. The van der Waals surface area contributed by atoms with Crippen LogP contribution in [0, 0.1) is 5.92 Å². The Hall–Kier alpha value is -3.72. The van der Waals surface area contributed by atoms with Crippen LogP contribution < -0.4 is 11.0 Å². The molecule has 0 aliphatic carbocycles. The Morgan fingerprint density at radius 2 is 2.09 bits per heavy atom. The maximum absolute atomic E-state index is 12.7. The van der Waals surface area contributed by atoms with Crippen molar-refractivity contribution in [2.24, 2.45) is 5.92 Å². The smallest absolute Gasteiger partial charge is 0.306 e. The quantitative estimate of drug-likeness (QED) is 0.538. The molecule has 0 saturated carbocycles. The number of fused-ring (bicyclic) bond motifs is 4. The molecule has 35 heavy (non-hydrogen) atoms. The summed E-state index contributed by atoms with van der Waals surface area (Å²) in [7, 11) is 1.29. The number of nitrogens with zero attached hydrogens (tertiary/aromatic N) is 3. The molecule has 0 radical (unpaired) electrons. The van der Waals surface area contributed by atoms with Gasteiger partial charge in [0.25, 0.3) is 5.56 Å². The van der Waals surface area contributed by atoms with Gasteiger partial charge in [0.05, 0.1) is 26.0 Å². The molecule has 9 heteroatoms. The average Bonchev–Trinajstić information content (AvgIpc) is 2.86. The largest absolute Gasteiger partial charge is 0.502 e. The zero-order chi connectivity index (χ0) is 24.5. The second kappa shape index (κ2) is 9.50. The number of likely N-dealkylation sites (tertiary alicyclic amines) is 1. The minimum atomic E-state index is -0.719. The molecular weight excluding hydrogens is 450 g/mol. The first-order valence-electron chi connectivity index (χ1n) is 11.7. The summed E-state index contributed by atoms with van der Waals surface area (Å²) >= 11 is 0. The SMILES string of the molecule is COC(=O)C[C@@H](c1cccnc1)c1oc(CN2C[C@H]3C[C@@H](C2)c2cccc(=O)n2C3)cc(=O)c1O. The van der Waals surface area contributed by atoms with Gasteiger partial charge in [-0.1, -0.05) is 12.1 Å². The number of piperidine rings is 1. The molecule has 0 unspecified atom stereocenters. The molecule has 0 amide bonds. The van der Waals surface area contributed by atoms with E-state index >= 15 is 0 Å². The predicted molar refractivity (Wildman–Crippen MR) is 126 cm³/mol. The van der Waals surface area contributed by atoms with Crippen LogP contribution >= 0.6 is 0 Å². The number of hydrogen-bond donors (Lipinski definition) is 1. The van der Waals surface area contributed by atoms with Crippen LogP contribution in [0.5, 0.6) is 5.75 Å². The van der Waals surface area contributed by atoms with Gasteiger partial charge in [-0.25, -0.2) is 0 Å². The Bertz CT molecular complexity index is 1350. The summed E-state index contributed by atoms with van der Waals surface area (Å²) in [6, 6.07) is 10.2. The maximum atomic E-state index is 12.7. The minimum Gasteiger partial charge on any atom is -0.502 e. The second-order valence-electron chi connectivity index (χ2n) is 9.30. The number of carbonyl (C=O) groups is 1. The van der Waals surface area contributed by atoms with Gasteiger partial charge < -0.3 is 18.8 Å². The Morgan fingerprint density at radius 3 is 2.86 bits per heavy atom. The number of ether oxygens (including phenoxy) is 1. The van der Waals surface area contributed by atoms with Crippen LogP contribution in [-0.2, 0) is 22.6 Å². The zero-order valence-electron chi connectivity index (χ0n) is 19.4. The molecule has 3 aromatic heterocycles. The number of pyridine rings is 2. The van der Waals surface area contributed by atoms with Gasteiger partial charge in [-0.2, -0.15) is 0 Å². The van der Waals surface area contributed by atoms with Crippen molar-refractivity contribution in [1.82, 2.24) is 14.5 Å². The number of aromatic nitrogens is 2. The van der Waals surface area contributed by atoms with Gasteiger partial charge >= 0.3 is 5.97 Å². The topological polar surface area (TPSA) is 115 Å². The van der Waals surface area contributed by atoms with E-state index in [-0.39, 0.29) is 23.7 Å². The fourth-order valence-corrected chi connectivity index (χ4v) is 5.41. The van der Waals surface area contributed by atoms with E-state index in [9.17, 15) is 19.5 Å². The van der Waals surface area contributed by atoms with Gasteiger partial charge in [0.2, 0.25) is 11.2 Å². The van der Waals surface area contributed by atoms with Gasteiger partial charge in [0, 0.05) is 55.8 Å². The molecule has 0 spiro atoms. The van der Waals surface area contributed by atoms with Crippen molar-refractivity contribution < 1.29 is 19.1 Å². The third-order valence-electron chi connectivity index (χ3n) is 6.94. The summed E-state index contributed by atoms with van der Waals surface area (Å²) in [4.78, 5) is 43.4. The van der Waals surface area contributed by atoms with Crippen molar-refractivity contribution in [3.8, 4) is 5.75 Å². The van der Waals surface area contributed by atoms with E-state index in [1.807, 2.05) is 10.6 Å². The van der Waals surface area contributed by atoms with E-state index in [4.69, 9.17) is 9.15 Å². The lowest BCUT2D eigenvalue weighted by Crippen LogP contribution is -2.46. The molecule has 1 saturated heterocycles. The Balaban J connectivity index is 1.44. The van der Waals surface area contributed by atoms with E-state index < -0.39 is 23.1 Å². The molecule has 3 atom stereocenters. The van der Waals surface area contributed by atoms with E-state index in [0.717, 1.165) is 25.2 Å². The van der Waals surface area contributed by atoms with E-state index in [0.29, 0.717) is 30.3 Å². The lowest BCUT2D eigenvalue weighted by molar-refractivity contribution is -0.140. The molecule has 1 N–H and O–H groups in total. The number of methoxy groups -OCH3 is 1. The lowest BCUT2D eigenvalue weighted by Gasteiger charge is -2.42. The number of carbonyl (C=O) groups excluding carboxylic acids is 1. The van der Waals surface area contributed by atoms with E-state index in [1.165, 1.54) is 13.2 Å². The molecule has 9 nitrogen and oxygen atoms in total. The molecule has 3 aromatic rings. The molecule has 182 valence electrons. The van der Waals surface area contributed by atoms with Gasteiger partial charge in [-0.05, 0) is 30.0 Å². The van der Waals surface area contributed by atoms with E-state index in [1.54, 1.807) is 36.7 Å². The lowest BCUT2D eigenvalue weighted by atomic mass is 9.83. The molecule has 0 aromatic carbocycles. The fraction of sp³-hybridized carbons (Fsp3) is 0.385. The van der Waals surface area contributed by atoms with Crippen molar-refractivity contribution in [1.29, 1.82) is 0 Å². The summed E-state index contributed by atoms with van der Waals surface area (Å²) in [6.07, 6.45) is 4.09. The van der Waals surface area contributed by atoms with Crippen molar-refractivity contribution in [3.63, 3.8) is 0 Å². The third-order valence-corrected chi connectivity index (χ3v) is 6.94. The van der Waals surface area contributed by atoms with Crippen LogP contribution in [0.2, 0.25) is 0 Å². The number of esters is 1. The van der Waals surface area contributed by atoms with Crippen molar-refractivity contribution >= 4 is 5.97 Å². The highest BCUT2D eigenvalue weighted by Gasteiger charge is 2.35. The third kappa shape index (κ3) is 4.64. The van der Waals surface area contributed by atoms with Crippen LogP contribution in [0.15, 0.2) is 62.8 Å². The summed E-state index contributed by atoms with van der Waals surface area (Å²) in [5.41, 5.74) is 1.14. The van der Waals surface area contributed by atoms with Crippen LogP contribution in [0.3, 0.4) is 0 Å². The fourth-order valence-electron chi connectivity index (χ4n) is 5.41. The maximum Gasteiger partial charge on any atom is 0.306 e. The first-order valence-corrected chi connectivity index (χ1v) is 11.7. The van der Waals surface area contributed by atoms with Crippen LogP contribution in [0.25, 0.3) is 0 Å². The molecule has 5 heterocycles. The van der Waals surface area contributed by atoms with E-state index in [2.05, 4.69) is 9.88 Å². The molecule has 5 rings (SSSR count). The zero-order valence-corrected chi connectivity index (χ0v) is 19.4. The highest BCUT2D eigenvalue weighted by molar-refractivity contribution is 5.71. The van der Waals surface area contributed by atoms with Gasteiger partial charge in [-0.3, -0.25) is 24.3 Å². The van der Waals surface area contributed by atoms with Crippen LogP contribution in [-0.4, -0.2) is 45.7 Å². The highest BCUT2D eigenvalue weighted by Crippen LogP contribution is 2.36. The number of aromatic hydroxyl groups is 1. The highest BCUT2D eigenvalue weighted by atomic mass is 16.5. The van der Waals surface area contributed by atoms with Crippen molar-refractivity contribution in [2.45, 2.75) is 37.8 Å². The number of hydrogen-bond acceptors (Lipinski definition) is 8. The second-order valence-corrected chi connectivity index (χ2v) is 9.30. The van der Waals surface area contributed by atoms with Gasteiger partial charge in [-0.15, -0.1) is 0 Å². The predicted octanol–water partition coefficient (Wildman–Crippen LogP) is 2.22. The summed E-state index contributed by atoms with van der Waals surface area (Å²) in [5, 5.41) is 10.6. The first-order chi connectivity index (χ1) is 16.9. The standard InChI is InChI=1S/C26H27N3O6/c1-34-24(32)10-20(17-4-3-7-27-11-17)26-25(33)22(30)9-19(35-26)15-28-12-16-8-18(14-28)21-5-2-6-23(31)29(21)13-16/h2-7,9,11,16,18,20,33H,8,10,12-15H2,1H3/t16-,18+,20+/m1/s1. The Kier molecular flexibility index (Phi) is 6.25. The molecule has 1 fully saturated rings. The van der Waals surface area contributed by atoms with Crippen molar-refractivity contribution in [2.75, 3.05) is 20.2 Å². The molecule has 2 aliphatic rings. The molecule has 2 bridgehead atoms. The summed E-state index contributed by atoms with van der Waals surface area (Å²) < 4.78 is 12.8. The monoisotopic (exact) mass is 477 g/mol. The first kappa shape index (κ1) is 23.0. The van der Waals surface area contributed by atoms with Gasteiger partial charge in [0.15, 0.2) is 5.76 Å². The number of rotatable bonds is 6. The van der Waals surface area contributed by atoms with Gasteiger partial charge in [0.1, 0.15) is 5.76 Å². The Morgan fingerprint density at radius 1 is 1.23 bits per heavy atom. The normalized spacial score (nSPS) is 20.1. The minimum absolute atomic E-state index is 0.0278. The summed E-state index contributed by atoms with van der Waals surface area (Å²) in [5.74, 6) is -0.746. The van der Waals surface area contributed by atoms with Crippen LogP contribution in [0.1, 0.15) is 47.5 Å².